The van der Waals surface area contributed by atoms with Crippen LogP contribution in [-0.4, -0.2) is 18.5 Å². The second-order valence-electron chi connectivity index (χ2n) is 6.56. The standard InChI is InChI=1S/C22H19NO5/c1-14(18-7-4-10-26-18)23-20(24)13-28-21(25)11-16-12-27-19-9-8-15-5-2-3-6-17(15)22(16)19/h2-10,12,14H,11,13H2,1H3,(H,23,24)/t14-/m0/s1. The molecule has 0 saturated heterocycles. The molecule has 0 spiro atoms. The van der Waals surface area contributed by atoms with E-state index < -0.39 is 5.97 Å². The third-order valence-corrected chi connectivity index (χ3v) is 4.59. The van der Waals surface area contributed by atoms with E-state index in [2.05, 4.69) is 5.32 Å². The minimum Gasteiger partial charge on any atom is -0.467 e. The largest absolute Gasteiger partial charge is 0.467 e. The van der Waals surface area contributed by atoms with E-state index in [1.807, 2.05) is 36.4 Å². The summed E-state index contributed by atoms with van der Waals surface area (Å²) >= 11 is 0. The van der Waals surface area contributed by atoms with Crippen LogP contribution in [0.25, 0.3) is 21.7 Å². The molecule has 4 rings (SSSR count). The Balaban J connectivity index is 1.40. The Bertz CT molecular complexity index is 1130. The second kappa shape index (κ2) is 7.60. The maximum atomic E-state index is 12.2. The van der Waals surface area contributed by atoms with Crippen LogP contribution in [0.4, 0.5) is 0 Å². The lowest BCUT2D eigenvalue weighted by Gasteiger charge is -2.11. The molecule has 28 heavy (non-hydrogen) atoms. The van der Waals surface area contributed by atoms with Crippen LogP contribution in [0.2, 0.25) is 0 Å². The maximum absolute atomic E-state index is 12.2. The molecule has 0 aliphatic rings. The Morgan fingerprint density at radius 3 is 2.75 bits per heavy atom. The number of nitrogens with one attached hydrogen (secondary N) is 1. The summed E-state index contributed by atoms with van der Waals surface area (Å²) in [5, 5.41) is 5.70. The maximum Gasteiger partial charge on any atom is 0.310 e. The average Bonchev–Trinajstić information content (AvgIpc) is 3.37. The minimum absolute atomic E-state index is 0.0298. The summed E-state index contributed by atoms with van der Waals surface area (Å²) in [5.41, 5.74) is 1.45. The molecule has 1 amide bonds. The Kier molecular flexibility index (Phi) is 4.85. The molecule has 2 aromatic carbocycles. The van der Waals surface area contributed by atoms with Crippen LogP contribution in [0.5, 0.6) is 0 Å². The van der Waals surface area contributed by atoms with E-state index in [4.69, 9.17) is 13.6 Å². The number of rotatable bonds is 6. The van der Waals surface area contributed by atoms with Crippen LogP contribution in [-0.2, 0) is 20.7 Å². The first-order valence-corrected chi connectivity index (χ1v) is 8.98. The molecule has 0 bridgehead atoms. The lowest BCUT2D eigenvalue weighted by Crippen LogP contribution is -2.31. The van der Waals surface area contributed by atoms with E-state index in [0.717, 1.165) is 21.7 Å². The normalized spacial score (nSPS) is 12.2. The molecule has 2 heterocycles. The fourth-order valence-corrected chi connectivity index (χ4v) is 3.25. The zero-order chi connectivity index (χ0) is 19.5. The van der Waals surface area contributed by atoms with Crippen molar-refractivity contribution in [2.45, 2.75) is 19.4 Å². The van der Waals surface area contributed by atoms with Gasteiger partial charge in [-0.3, -0.25) is 9.59 Å². The van der Waals surface area contributed by atoms with E-state index in [1.54, 1.807) is 25.3 Å². The Labute approximate surface area is 161 Å². The number of furan rings is 2. The predicted molar refractivity (Wildman–Crippen MR) is 104 cm³/mol. The number of hydrogen-bond donors (Lipinski definition) is 1. The zero-order valence-electron chi connectivity index (χ0n) is 15.3. The average molecular weight is 377 g/mol. The third kappa shape index (κ3) is 3.62. The smallest absolute Gasteiger partial charge is 0.310 e. The highest BCUT2D eigenvalue weighted by Crippen LogP contribution is 2.30. The summed E-state index contributed by atoms with van der Waals surface area (Å²) in [7, 11) is 0. The fraction of sp³-hybridized carbons (Fsp3) is 0.182. The van der Waals surface area contributed by atoms with Crippen molar-refractivity contribution in [2.24, 2.45) is 0 Å². The van der Waals surface area contributed by atoms with Gasteiger partial charge in [0.1, 0.15) is 11.3 Å². The second-order valence-corrected chi connectivity index (χ2v) is 6.56. The predicted octanol–water partition coefficient (Wildman–Crippen LogP) is 4.14. The molecule has 0 saturated carbocycles. The number of hydrogen-bond acceptors (Lipinski definition) is 5. The van der Waals surface area contributed by atoms with Gasteiger partial charge in [-0.2, -0.15) is 0 Å². The van der Waals surface area contributed by atoms with E-state index in [1.165, 1.54) is 6.26 Å². The van der Waals surface area contributed by atoms with Gasteiger partial charge in [0.05, 0.1) is 25.0 Å². The van der Waals surface area contributed by atoms with Crippen LogP contribution in [0.15, 0.2) is 69.9 Å². The van der Waals surface area contributed by atoms with Crippen molar-refractivity contribution < 1.29 is 23.2 Å². The summed E-state index contributed by atoms with van der Waals surface area (Å²) in [4.78, 5) is 24.2. The molecule has 1 N–H and O–H groups in total. The Morgan fingerprint density at radius 2 is 1.93 bits per heavy atom. The Hall–Kier alpha value is -3.54. The SMILES string of the molecule is C[C@H](NC(=O)COC(=O)Cc1coc2ccc3ccccc3c12)c1ccco1. The highest BCUT2D eigenvalue weighted by atomic mass is 16.5. The van der Waals surface area contributed by atoms with E-state index in [0.29, 0.717) is 11.3 Å². The van der Waals surface area contributed by atoms with Gasteiger partial charge < -0.3 is 18.9 Å². The molecule has 0 radical (unpaired) electrons. The number of benzene rings is 2. The quantitative estimate of drug-likeness (QED) is 0.511. The summed E-state index contributed by atoms with van der Waals surface area (Å²) in [5.74, 6) is -0.243. The van der Waals surface area contributed by atoms with Gasteiger partial charge in [0.25, 0.3) is 5.91 Å². The fourth-order valence-electron chi connectivity index (χ4n) is 3.25. The van der Waals surface area contributed by atoms with Gasteiger partial charge in [0.2, 0.25) is 0 Å². The molecule has 1 atom stereocenters. The van der Waals surface area contributed by atoms with Crippen LogP contribution >= 0.6 is 0 Å². The summed E-state index contributed by atoms with van der Waals surface area (Å²) < 4.78 is 15.9. The third-order valence-electron chi connectivity index (χ3n) is 4.59. The van der Waals surface area contributed by atoms with Gasteiger partial charge in [-0.25, -0.2) is 0 Å². The van der Waals surface area contributed by atoms with Gasteiger partial charge in [0.15, 0.2) is 6.61 Å². The molecule has 0 aliphatic carbocycles. The van der Waals surface area contributed by atoms with Crippen LogP contribution in [0.3, 0.4) is 0 Å². The summed E-state index contributed by atoms with van der Waals surface area (Å²) in [6.45, 7) is 1.45. The highest BCUT2D eigenvalue weighted by Gasteiger charge is 2.16. The molecule has 0 aliphatic heterocycles. The number of amides is 1. The lowest BCUT2D eigenvalue weighted by molar-refractivity contribution is -0.148. The molecule has 4 aromatic rings. The van der Waals surface area contributed by atoms with Gasteiger partial charge >= 0.3 is 5.97 Å². The zero-order valence-corrected chi connectivity index (χ0v) is 15.3. The van der Waals surface area contributed by atoms with E-state index in [9.17, 15) is 9.59 Å². The molecular formula is C22H19NO5. The first-order chi connectivity index (χ1) is 13.6. The van der Waals surface area contributed by atoms with E-state index >= 15 is 0 Å². The molecule has 0 unspecified atom stereocenters. The van der Waals surface area contributed by atoms with Gasteiger partial charge in [-0.1, -0.05) is 30.3 Å². The van der Waals surface area contributed by atoms with Gasteiger partial charge in [0, 0.05) is 10.9 Å². The first kappa shape index (κ1) is 17.9. The van der Waals surface area contributed by atoms with E-state index in [-0.39, 0.29) is 25.0 Å². The first-order valence-electron chi connectivity index (χ1n) is 8.98. The van der Waals surface area contributed by atoms with Crippen LogP contribution in [0.1, 0.15) is 24.3 Å². The monoisotopic (exact) mass is 377 g/mol. The number of ether oxygens (including phenoxy) is 1. The van der Waals surface area contributed by atoms with Crippen molar-refractivity contribution >= 4 is 33.6 Å². The van der Waals surface area contributed by atoms with Crippen LogP contribution in [0, 0.1) is 0 Å². The highest BCUT2D eigenvalue weighted by molar-refractivity contribution is 6.08. The molecule has 2 aromatic heterocycles. The number of carbonyl (C=O) groups excluding carboxylic acids is 2. The molecule has 0 fully saturated rings. The van der Waals surface area contributed by atoms with Crippen molar-refractivity contribution in [3.8, 4) is 0 Å². The van der Waals surface area contributed by atoms with Crippen molar-refractivity contribution in [3.05, 3.63) is 72.4 Å². The lowest BCUT2D eigenvalue weighted by atomic mass is 10.0. The topological polar surface area (TPSA) is 81.7 Å². The van der Waals surface area contributed by atoms with Crippen molar-refractivity contribution in [1.82, 2.24) is 5.32 Å². The Morgan fingerprint density at radius 1 is 1.07 bits per heavy atom. The summed E-state index contributed by atoms with van der Waals surface area (Å²) in [6, 6.07) is 15.0. The number of carbonyl (C=O) groups is 2. The van der Waals surface area contributed by atoms with Crippen molar-refractivity contribution in [2.75, 3.05) is 6.61 Å². The summed E-state index contributed by atoms with van der Waals surface area (Å²) in [6.07, 6.45) is 3.14. The number of fused-ring (bicyclic) bond motifs is 3. The molecule has 6 nitrogen and oxygen atoms in total. The van der Waals surface area contributed by atoms with Gasteiger partial charge in [-0.15, -0.1) is 0 Å². The van der Waals surface area contributed by atoms with Crippen LogP contribution < -0.4 is 5.32 Å². The minimum atomic E-state index is -0.489. The van der Waals surface area contributed by atoms with Crippen molar-refractivity contribution in [1.29, 1.82) is 0 Å². The van der Waals surface area contributed by atoms with Crippen molar-refractivity contribution in [3.63, 3.8) is 0 Å². The molecule has 142 valence electrons. The number of esters is 1. The van der Waals surface area contributed by atoms with Gasteiger partial charge in [-0.05, 0) is 35.9 Å². The molecule has 6 heteroatoms. The molecular weight excluding hydrogens is 358 g/mol.